The molecule has 0 bridgehead atoms. The number of carboxylic acids is 1. The van der Waals surface area contributed by atoms with E-state index in [-0.39, 0.29) is 28.9 Å². The van der Waals surface area contributed by atoms with E-state index in [4.69, 9.17) is 4.74 Å². The minimum absolute atomic E-state index is 0.00910. The maximum Gasteiger partial charge on any atom is 0.262 e. The summed E-state index contributed by atoms with van der Waals surface area (Å²) in [4.78, 5) is 23.4. The Morgan fingerprint density at radius 1 is 0.967 bits per heavy atom. The molecule has 1 amide bonds. The minimum Gasteiger partial charge on any atom is -0.545 e. The lowest BCUT2D eigenvalue weighted by Gasteiger charge is -2.30. The van der Waals surface area contributed by atoms with Gasteiger partial charge in [-0.3, -0.25) is 4.79 Å². The Balaban J connectivity index is 2.20. The first-order chi connectivity index (χ1) is 14.0. The number of hydrogen-bond acceptors (Lipinski definition) is 4. The van der Waals surface area contributed by atoms with Gasteiger partial charge < -0.3 is 20.0 Å². The van der Waals surface area contributed by atoms with Crippen molar-refractivity contribution in [3.63, 3.8) is 0 Å². The van der Waals surface area contributed by atoms with Crippen LogP contribution in [0.5, 0.6) is 5.75 Å². The minimum atomic E-state index is -1.29. The molecule has 0 aliphatic carbocycles. The van der Waals surface area contributed by atoms with E-state index in [0.717, 1.165) is 18.4 Å². The zero-order chi connectivity index (χ0) is 22.5. The van der Waals surface area contributed by atoms with Crippen molar-refractivity contribution in [2.45, 2.75) is 65.2 Å². The summed E-state index contributed by atoms with van der Waals surface area (Å²) in [5.41, 5.74) is 2.68. The number of hydrogen-bond donors (Lipinski definition) is 1. The molecule has 2 aromatic rings. The molecule has 1 N–H and O–H groups in total. The smallest absolute Gasteiger partial charge is 0.262 e. The molecule has 0 aliphatic heterocycles. The van der Waals surface area contributed by atoms with Crippen LogP contribution in [0.15, 0.2) is 42.5 Å². The second kappa shape index (κ2) is 9.33. The monoisotopic (exact) mass is 410 g/mol. The van der Waals surface area contributed by atoms with Crippen LogP contribution >= 0.6 is 0 Å². The molecular formula is C25H32NO4-. The summed E-state index contributed by atoms with van der Waals surface area (Å²) in [6.07, 6.45) is 1.95. The standard InChI is InChI=1S/C25H33NO4/c1-7-24(3,4)18-12-13-21(20(15-18)25(5,6)8-2)30-16-22(27)26-19-11-9-10-17(14-19)23(28)29/h9-15H,7-8,16H2,1-6H3,(H,26,27)(H,28,29)/p-1. The molecule has 0 aromatic heterocycles. The molecule has 30 heavy (non-hydrogen) atoms. The number of carbonyl (C=O) groups excluding carboxylic acids is 2. The van der Waals surface area contributed by atoms with Crippen LogP contribution in [0.2, 0.25) is 0 Å². The van der Waals surface area contributed by atoms with Crippen LogP contribution in [-0.2, 0) is 15.6 Å². The number of amides is 1. The Labute approximate surface area is 179 Å². The number of ether oxygens (including phenoxy) is 1. The lowest BCUT2D eigenvalue weighted by molar-refractivity contribution is -0.255. The van der Waals surface area contributed by atoms with Gasteiger partial charge in [0.05, 0.1) is 5.97 Å². The Bertz CT molecular complexity index is 915. The van der Waals surface area contributed by atoms with Crippen molar-refractivity contribution in [3.8, 4) is 5.75 Å². The van der Waals surface area contributed by atoms with Gasteiger partial charge in [-0.2, -0.15) is 0 Å². The fourth-order valence-corrected chi connectivity index (χ4v) is 3.06. The molecule has 0 saturated carbocycles. The summed E-state index contributed by atoms with van der Waals surface area (Å²) in [5.74, 6) is -0.955. The van der Waals surface area contributed by atoms with E-state index in [0.29, 0.717) is 11.4 Å². The Hall–Kier alpha value is -2.82. The fourth-order valence-electron chi connectivity index (χ4n) is 3.06. The Kier molecular flexibility index (Phi) is 7.30. The van der Waals surface area contributed by atoms with Crippen LogP contribution < -0.4 is 15.2 Å². The molecular weight excluding hydrogens is 378 g/mol. The van der Waals surface area contributed by atoms with E-state index in [1.165, 1.54) is 17.7 Å². The van der Waals surface area contributed by atoms with Crippen molar-refractivity contribution in [1.82, 2.24) is 0 Å². The number of anilines is 1. The molecule has 0 heterocycles. The van der Waals surface area contributed by atoms with Gasteiger partial charge in [-0.1, -0.05) is 65.8 Å². The first-order valence-electron chi connectivity index (χ1n) is 10.4. The summed E-state index contributed by atoms with van der Waals surface area (Å²) >= 11 is 0. The zero-order valence-electron chi connectivity index (χ0n) is 18.8. The van der Waals surface area contributed by atoms with Crippen molar-refractivity contribution < 1.29 is 19.4 Å². The van der Waals surface area contributed by atoms with Crippen LogP contribution in [0.3, 0.4) is 0 Å². The molecule has 0 aliphatic rings. The Morgan fingerprint density at radius 3 is 2.23 bits per heavy atom. The normalized spacial score (nSPS) is 11.8. The molecule has 0 fully saturated rings. The van der Waals surface area contributed by atoms with Crippen molar-refractivity contribution in [1.29, 1.82) is 0 Å². The van der Waals surface area contributed by atoms with E-state index < -0.39 is 5.97 Å². The molecule has 5 nitrogen and oxygen atoms in total. The van der Waals surface area contributed by atoms with Gasteiger partial charge in [-0.25, -0.2) is 0 Å². The molecule has 0 radical (unpaired) electrons. The molecule has 2 rings (SSSR count). The third kappa shape index (κ3) is 5.62. The summed E-state index contributed by atoms with van der Waals surface area (Å²) in [6.45, 7) is 12.9. The third-order valence-electron chi connectivity index (χ3n) is 6.00. The molecule has 0 atom stereocenters. The average Bonchev–Trinajstić information content (AvgIpc) is 2.72. The van der Waals surface area contributed by atoms with Gasteiger partial charge in [0.2, 0.25) is 0 Å². The summed E-state index contributed by atoms with van der Waals surface area (Å²) in [7, 11) is 0. The number of carbonyl (C=O) groups is 2. The predicted molar refractivity (Wildman–Crippen MR) is 118 cm³/mol. The van der Waals surface area contributed by atoms with E-state index in [1.54, 1.807) is 12.1 Å². The second-order valence-electron chi connectivity index (χ2n) is 8.89. The van der Waals surface area contributed by atoms with E-state index >= 15 is 0 Å². The lowest BCUT2D eigenvalue weighted by Crippen LogP contribution is -2.25. The van der Waals surface area contributed by atoms with E-state index in [1.807, 2.05) is 6.07 Å². The first-order valence-corrected chi connectivity index (χ1v) is 10.4. The molecule has 0 spiro atoms. The van der Waals surface area contributed by atoms with Gasteiger partial charge >= 0.3 is 0 Å². The lowest BCUT2D eigenvalue weighted by atomic mass is 9.76. The molecule has 162 valence electrons. The number of rotatable bonds is 9. The van der Waals surface area contributed by atoms with Crippen LogP contribution in [0.25, 0.3) is 0 Å². The predicted octanol–water partition coefficient (Wildman–Crippen LogP) is 4.44. The van der Waals surface area contributed by atoms with Gasteiger partial charge in [0.15, 0.2) is 6.61 Å². The van der Waals surface area contributed by atoms with Gasteiger partial charge in [-0.05, 0) is 53.0 Å². The van der Waals surface area contributed by atoms with Crippen molar-refractivity contribution in [2.24, 2.45) is 0 Å². The SMILES string of the molecule is CCC(C)(C)c1ccc(OCC(=O)Nc2cccc(C(=O)[O-])c2)c(C(C)(C)CC)c1. The largest absolute Gasteiger partial charge is 0.545 e. The average molecular weight is 411 g/mol. The molecule has 2 aromatic carbocycles. The number of benzene rings is 2. The highest BCUT2D eigenvalue weighted by Gasteiger charge is 2.26. The summed E-state index contributed by atoms with van der Waals surface area (Å²) < 4.78 is 5.90. The number of aromatic carboxylic acids is 1. The van der Waals surface area contributed by atoms with Crippen molar-refractivity contribution in [2.75, 3.05) is 11.9 Å². The van der Waals surface area contributed by atoms with Gasteiger partial charge in [0.25, 0.3) is 5.91 Å². The molecule has 0 saturated heterocycles. The topological polar surface area (TPSA) is 78.5 Å². The summed E-state index contributed by atoms with van der Waals surface area (Å²) in [5, 5.41) is 13.7. The van der Waals surface area contributed by atoms with Crippen LogP contribution in [0.4, 0.5) is 5.69 Å². The van der Waals surface area contributed by atoms with Crippen LogP contribution in [0.1, 0.15) is 75.9 Å². The maximum absolute atomic E-state index is 12.4. The molecule has 5 heteroatoms. The van der Waals surface area contributed by atoms with Gasteiger partial charge in [0, 0.05) is 11.3 Å². The van der Waals surface area contributed by atoms with Crippen molar-refractivity contribution >= 4 is 17.6 Å². The van der Waals surface area contributed by atoms with Gasteiger partial charge in [0.1, 0.15) is 5.75 Å². The second-order valence-corrected chi connectivity index (χ2v) is 8.89. The van der Waals surface area contributed by atoms with E-state index in [9.17, 15) is 14.7 Å². The number of nitrogens with one attached hydrogen (secondary N) is 1. The zero-order valence-corrected chi connectivity index (χ0v) is 18.8. The van der Waals surface area contributed by atoms with Crippen molar-refractivity contribution in [3.05, 3.63) is 59.2 Å². The number of carboxylic acid groups (broad SMARTS) is 1. The quantitative estimate of drug-likeness (QED) is 0.663. The van der Waals surface area contributed by atoms with Crippen LogP contribution in [-0.4, -0.2) is 18.5 Å². The maximum atomic E-state index is 12.4. The fraction of sp³-hybridized carbons (Fsp3) is 0.440. The van der Waals surface area contributed by atoms with Gasteiger partial charge in [-0.15, -0.1) is 0 Å². The third-order valence-corrected chi connectivity index (χ3v) is 6.00. The summed E-state index contributed by atoms with van der Waals surface area (Å²) in [6, 6.07) is 12.2. The first kappa shape index (κ1) is 23.5. The Morgan fingerprint density at radius 2 is 1.63 bits per heavy atom. The highest BCUT2D eigenvalue weighted by atomic mass is 16.5. The van der Waals surface area contributed by atoms with E-state index in [2.05, 4.69) is 59.0 Å². The highest BCUT2D eigenvalue weighted by Crippen LogP contribution is 2.38. The highest BCUT2D eigenvalue weighted by molar-refractivity contribution is 5.94. The van der Waals surface area contributed by atoms with Crippen LogP contribution in [0, 0.1) is 0 Å². The molecule has 0 unspecified atom stereocenters.